The average molecular weight is 515 g/mol. The maximum absolute atomic E-state index is 13.9. The Morgan fingerprint density at radius 1 is 0.757 bits per heavy atom. The zero-order chi connectivity index (χ0) is 26.3. The third-order valence-electron chi connectivity index (χ3n) is 6.13. The highest BCUT2D eigenvalue weighted by molar-refractivity contribution is 6.04. The topological polar surface area (TPSA) is 65.8 Å². The van der Waals surface area contributed by atoms with Gasteiger partial charge in [0.2, 0.25) is 5.82 Å². The number of furan rings is 1. The van der Waals surface area contributed by atoms with E-state index in [-0.39, 0.29) is 17.4 Å². The predicted octanol–water partition coefficient (Wildman–Crippen LogP) is 5.34. The molecule has 0 aliphatic carbocycles. The van der Waals surface area contributed by atoms with Crippen molar-refractivity contribution in [1.82, 2.24) is 4.90 Å². The zero-order valence-corrected chi connectivity index (χ0v) is 19.0. The number of nitrogens with zero attached hydrogens (tertiary/aromatic N) is 2. The molecule has 1 aliphatic heterocycles. The Labute approximate surface area is 206 Å². The lowest BCUT2D eigenvalue weighted by Crippen LogP contribution is -2.48. The van der Waals surface area contributed by atoms with E-state index in [1.165, 1.54) is 12.1 Å². The molecule has 0 bridgehead atoms. The Bertz CT molecular complexity index is 1450. The van der Waals surface area contributed by atoms with Crippen LogP contribution < -0.4 is 10.2 Å². The molecule has 0 atom stereocenters. The van der Waals surface area contributed by atoms with Crippen LogP contribution in [0.3, 0.4) is 0 Å². The van der Waals surface area contributed by atoms with Gasteiger partial charge in [0.25, 0.3) is 11.8 Å². The van der Waals surface area contributed by atoms with Crippen LogP contribution in [0.15, 0.2) is 59.0 Å². The molecule has 37 heavy (non-hydrogen) atoms. The lowest BCUT2D eigenvalue weighted by molar-refractivity contribution is 0.0717. The predicted molar refractivity (Wildman–Crippen MR) is 125 cm³/mol. The summed E-state index contributed by atoms with van der Waals surface area (Å²) in [5.41, 5.74) is -0.0796. The van der Waals surface area contributed by atoms with Gasteiger partial charge in [-0.1, -0.05) is 18.2 Å². The molecule has 4 aromatic rings. The minimum Gasteiger partial charge on any atom is -0.451 e. The highest BCUT2D eigenvalue weighted by Gasteiger charge is 2.30. The molecule has 0 spiro atoms. The van der Waals surface area contributed by atoms with Crippen LogP contribution in [0.25, 0.3) is 11.0 Å². The summed E-state index contributed by atoms with van der Waals surface area (Å²) in [4.78, 5) is 28.8. The van der Waals surface area contributed by atoms with Gasteiger partial charge in [-0.3, -0.25) is 9.59 Å². The van der Waals surface area contributed by atoms with Crippen LogP contribution >= 0.6 is 0 Å². The highest BCUT2D eigenvalue weighted by Crippen LogP contribution is 2.26. The Hall–Kier alpha value is -4.41. The second kappa shape index (κ2) is 9.57. The van der Waals surface area contributed by atoms with Crippen LogP contribution in [0.1, 0.15) is 20.9 Å². The van der Waals surface area contributed by atoms with Crippen molar-refractivity contribution >= 4 is 34.2 Å². The molecule has 1 saturated heterocycles. The van der Waals surface area contributed by atoms with E-state index in [2.05, 4.69) is 5.32 Å². The van der Waals surface area contributed by atoms with Crippen LogP contribution in [0.2, 0.25) is 0 Å². The van der Waals surface area contributed by atoms with Crippen LogP contribution in [0.5, 0.6) is 0 Å². The lowest BCUT2D eigenvalue weighted by atomic mass is 10.1. The summed E-state index contributed by atoms with van der Waals surface area (Å²) in [5.74, 6) is -12.6. The van der Waals surface area contributed by atoms with E-state index >= 15 is 0 Å². The number of hydrogen-bond donors (Lipinski definition) is 1. The minimum absolute atomic E-state index is 0.0939. The molecule has 2 amide bonds. The number of rotatable bonds is 4. The van der Waals surface area contributed by atoms with E-state index in [0.29, 0.717) is 31.8 Å². The number of fused-ring (bicyclic) bond motifs is 1. The highest BCUT2D eigenvalue weighted by atomic mass is 19.2. The summed E-state index contributed by atoms with van der Waals surface area (Å²) in [6.45, 7) is 1.91. The quantitative estimate of drug-likeness (QED) is 0.226. The van der Waals surface area contributed by atoms with Gasteiger partial charge in [-0.25, -0.2) is 22.0 Å². The minimum atomic E-state index is -2.34. The van der Waals surface area contributed by atoms with Crippen LogP contribution in [0, 0.1) is 29.1 Å². The van der Waals surface area contributed by atoms with Gasteiger partial charge in [0, 0.05) is 42.9 Å². The standard InChI is InChI=1S/C26H18F5N3O3/c27-20-19(21(28)23(30)24(31)22(20)29)25(35)32-15-5-7-16(8-6-15)33-9-11-34(12-10-33)26(36)18-13-14-3-1-2-4-17(14)37-18/h1-8,13H,9-12H2,(H,32,35). The molecular weight excluding hydrogens is 497 g/mol. The molecule has 1 N–H and O–H groups in total. The summed E-state index contributed by atoms with van der Waals surface area (Å²) in [7, 11) is 0. The second-order valence-electron chi connectivity index (χ2n) is 8.37. The van der Waals surface area contributed by atoms with E-state index in [1.807, 2.05) is 23.1 Å². The fraction of sp³-hybridized carbons (Fsp3) is 0.154. The molecule has 0 radical (unpaired) electrons. The number of amides is 2. The summed E-state index contributed by atoms with van der Waals surface area (Å²) in [6, 6.07) is 15.2. The van der Waals surface area contributed by atoms with Crippen molar-refractivity contribution in [2.45, 2.75) is 0 Å². The summed E-state index contributed by atoms with van der Waals surface area (Å²) in [5, 5.41) is 2.98. The number of para-hydroxylation sites is 1. The average Bonchev–Trinajstić information content (AvgIpc) is 3.35. The zero-order valence-electron chi connectivity index (χ0n) is 19.0. The van der Waals surface area contributed by atoms with Gasteiger partial charge in [-0.15, -0.1) is 0 Å². The second-order valence-corrected chi connectivity index (χ2v) is 8.37. The number of nitrogens with one attached hydrogen (secondary N) is 1. The fourth-order valence-electron chi connectivity index (χ4n) is 4.16. The van der Waals surface area contributed by atoms with Crippen molar-refractivity contribution in [2.24, 2.45) is 0 Å². The van der Waals surface area contributed by atoms with Crippen molar-refractivity contribution in [3.63, 3.8) is 0 Å². The largest absolute Gasteiger partial charge is 0.451 e. The summed E-state index contributed by atoms with van der Waals surface area (Å²) in [6.07, 6.45) is 0. The number of anilines is 2. The third kappa shape index (κ3) is 4.48. The molecule has 0 unspecified atom stereocenters. The number of piperazine rings is 1. The van der Waals surface area contributed by atoms with Crippen LogP contribution in [-0.2, 0) is 0 Å². The van der Waals surface area contributed by atoms with Gasteiger partial charge >= 0.3 is 0 Å². The smallest absolute Gasteiger partial charge is 0.289 e. The molecule has 190 valence electrons. The number of benzene rings is 3. The first-order valence-corrected chi connectivity index (χ1v) is 11.2. The molecule has 6 nitrogen and oxygen atoms in total. The van der Waals surface area contributed by atoms with E-state index in [4.69, 9.17) is 4.42 Å². The van der Waals surface area contributed by atoms with Gasteiger partial charge < -0.3 is 19.5 Å². The molecule has 3 aromatic carbocycles. The maximum Gasteiger partial charge on any atom is 0.289 e. The van der Waals surface area contributed by atoms with Gasteiger partial charge in [-0.05, 0) is 36.4 Å². The maximum atomic E-state index is 13.9. The first kappa shape index (κ1) is 24.3. The molecule has 2 heterocycles. The van der Waals surface area contributed by atoms with E-state index in [0.717, 1.165) is 11.1 Å². The van der Waals surface area contributed by atoms with E-state index < -0.39 is 40.6 Å². The Kier molecular flexibility index (Phi) is 6.28. The fourth-order valence-corrected chi connectivity index (χ4v) is 4.16. The molecule has 5 rings (SSSR count). The molecule has 1 aliphatic rings. The molecule has 1 aromatic heterocycles. The summed E-state index contributed by atoms with van der Waals surface area (Å²) >= 11 is 0. The Morgan fingerprint density at radius 2 is 1.35 bits per heavy atom. The number of carbonyl (C=O) groups is 2. The molecule has 1 fully saturated rings. The van der Waals surface area contributed by atoms with Crippen molar-refractivity contribution in [3.05, 3.63) is 95.0 Å². The molecular formula is C26H18F5N3O3. The van der Waals surface area contributed by atoms with Gasteiger partial charge in [0.1, 0.15) is 11.1 Å². The number of hydrogen-bond acceptors (Lipinski definition) is 4. The van der Waals surface area contributed by atoms with Crippen molar-refractivity contribution < 1.29 is 36.0 Å². The Balaban J connectivity index is 1.22. The van der Waals surface area contributed by atoms with Gasteiger partial charge in [-0.2, -0.15) is 0 Å². The number of carbonyl (C=O) groups excluding carboxylic acids is 2. The lowest BCUT2D eigenvalue weighted by Gasteiger charge is -2.35. The summed E-state index contributed by atoms with van der Waals surface area (Å²) < 4.78 is 73.5. The molecule has 0 saturated carbocycles. The normalized spacial score (nSPS) is 13.8. The first-order chi connectivity index (χ1) is 17.7. The van der Waals surface area contributed by atoms with Gasteiger partial charge in [0.15, 0.2) is 29.0 Å². The van der Waals surface area contributed by atoms with Crippen molar-refractivity contribution in [2.75, 3.05) is 36.4 Å². The van der Waals surface area contributed by atoms with E-state index in [9.17, 15) is 31.5 Å². The van der Waals surface area contributed by atoms with E-state index in [1.54, 1.807) is 29.2 Å². The SMILES string of the molecule is O=C(Nc1ccc(N2CCN(C(=O)c3cc4ccccc4o3)CC2)cc1)c1c(F)c(F)c(F)c(F)c1F. The van der Waals surface area contributed by atoms with Gasteiger partial charge in [0.05, 0.1) is 0 Å². The monoisotopic (exact) mass is 515 g/mol. The van der Waals surface area contributed by atoms with Crippen molar-refractivity contribution in [3.8, 4) is 0 Å². The number of halogens is 5. The van der Waals surface area contributed by atoms with Crippen molar-refractivity contribution in [1.29, 1.82) is 0 Å². The van der Waals surface area contributed by atoms with Crippen LogP contribution in [-0.4, -0.2) is 42.9 Å². The third-order valence-corrected chi connectivity index (χ3v) is 6.13. The Morgan fingerprint density at radius 3 is 1.97 bits per heavy atom. The first-order valence-electron chi connectivity index (χ1n) is 11.2. The molecule has 11 heteroatoms. The van der Waals surface area contributed by atoms with Crippen LogP contribution in [0.4, 0.5) is 33.3 Å².